The van der Waals surface area contributed by atoms with E-state index < -0.39 is 23.9 Å². The maximum Gasteiger partial charge on any atom is 0.314 e. The van der Waals surface area contributed by atoms with Crippen LogP contribution in [0.25, 0.3) is 0 Å². The molecule has 0 fully saturated rings. The van der Waals surface area contributed by atoms with Crippen molar-refractivity contribution >= 4 is 40.8 Å². The molecule has 0 radical (unpaired) electrons. The molecule has 0 heterocycles. The quantitative estimate of drug-likeness (QED) is 0.599. The molecule has 0 unspecified atom stereocenters. The van der Waals surface area contributed by atoms with Crippen molar-refractivity contribution in [2.45, 2.75) is 39.2 Å². The molecular weight excluding hydrogens is 385 g/mol. The van der Waals surface area contributed by atoms with Gasteiger partial charge in [-0.3, -0.25) is 9.59 Å². The van der Waals surface area contributed by atoms with Gasteiger partial charge in [0.1, 0.15) is 0 Å². The molecule has 1 amide bonds. The Balaban J connectivity index is 2.11. The molecular formula is C21H23Cl2NO3. The molecule has 0 aliphatic carbocycles. The summed E-state index contributed by atoms with van der Waals surface area (Å²) >= 11 is 12.1. The molecule has 2 aromatic carbocycles. The van der Waals surface area contributed by atoms with Crippen molar-refractivity contribution in [1.82, 2.24) is 0 Å². The van der Waals surface area contributed by atoms with Crippen molar-refractivity contribution < 1.29 is 14.3 Å². The number of carbonyl (C=O) groups excluding carboxylic acids is 2. The number of para-hydroxylation sites is 1. The first-order valence-corrected chi connectivity index (χ1v) is 9.61. The van der Waals surface area contributed by atoms with E-state index in [1.165, 1.54) is 6.92 Å². The SMILES string of the molecule is CC[C@H](C)[C@H](C(=O)O[C@@H](C)C(=O)Nc1c(Cl)cccc1Cl)c1ccccc1. The first kappa shape index (κ1) is 21.3. The lowest BCUT2D eigenvalue weighted by Crippen LogP contribution is -2.33. The van der Waals surface area contributed by atoms with Gasteiger partial charge in [0.2, 0.25) is 0 Å². The number of hydrogen-bond donors (Lipinski definition) is 1. The number of amides is 1. The van der Waals surface area contributed by atoms with Gasteiger partial charge in [0.25, 0.3) is 5.91 Å². The summed E-state index contributed by atoms with van der Waals surface area (Å²) in [6.07, 6.45) is -0.176. The number of hydrogen-bond acceptors (Lipinski definition) is 3. The second-order valence-corrected chi connectivity index (χ2v) is 7.25. The zero-order valence-corrected chi connectivity index (χ0v) is 17.1. The highest BCUT2D eigenvalue weighted by atomic mass is 35.5. The number of esters is 1. The second kappa shape index (κ2) is 9.77. The number of nitrogens with one attached hydrogen (secondary N) is 1. The van der Waals surface area contributed by atoms with E-state index in [2.05, 4.69) is 5.32 Å². The fourth-order valence-corrected chi connectivity index (χ4v) is 3.23. The highest BCUT2D eigenvalue weighted by Gasteiger charge is 2.30. The molecule has 4 nitrogen and oxygen atoms in total. The molecule has 0 aliphatic rings. The van der Waals surface area contributed by atoms with E-state index >= 15 is 0 Å². The molecule has 1 N–H and O–H groups in total. The summed E-state index contributed by atoms with van der Waals surface area (Å²) in [6.45, 7) is 5.53. The minimum absolute atomic E-state index is 0.0770. The minimum Gasteiger partial charge on any atom is -0.452 e. The standard InChI is InChI=1S/C21H23Cl2NO3/c1-4-13(2)18(15-9-6-5-7-10-15)21(26)27-14(3)20(25)24-19-16(22)11-8-12-17(19)23/h5-14,18H,4H2,1-3H3,(H,24,25)/t13-,14-,18-/m0/s1. The van der Waals surface area contributed by atoms with Gasteiger partial charge in [0, 0.05) is 0 Å². The Morgan fingerprint density at radius 1 is 1.00 bits per heavy atom. The molecule has 0 saturated heterocycles. The molecule has 27 heavy (non-hydrogen) atoms. The third-order valence-corrected chi connectivity index (χ3v) is 5.13. The van der Waals surface area contributed by atoms with Crippen LogP contribution in [0.1, 0.15) is 38.7 Å². The summed E-state index contributed by atoms with van der Waals surface area (Å²) in [6, 6.07) is 14.4. The Hall–Kier alpha value is -2.04. The molecule has 0 spiro atoms. The van der Waals surface area contributed by atoms with Crippen LogP contribution in [0, 0.1) is 5.92 Å². The van der Waals surface area contributed by atoms with E-state index in [0.717, 1.165) is 12.0 Å². The number of benzene rings is 2. The van der Waals surface area contributed by atoms with Crippen LogP contribution in [-0.4, -0.2) is 18.0 Å². The lowest BCUT2D eigenvalue weighted by atomic mass is 9.85. The predicted octanol–water partition coefficient (Wildman–Crippen LogP) is 5.69. The smallest absolute Gasteiger partial charge is 0.314 e. The van der Waals surface area contributed by atoms with Gasteiger partial charge in [0.15, 0.2) is 6.10 Å². The Morgan fingerprint density at radius 3 is 2.15 bits per heavy atom. The fourth-order valence-electron chi connectivity index (χ4n) is 2.74. The average Bonchev–Trinajstić information content (AvgIpc) is 2.65. The zero-order chi connectivity index (χ0) is 20.0. The van der Waals surface area contributed by atoms with Crippen LogP contribution in [0.15, 0.2) is 48.5 Å². The Labute approximate surface area is 169 Å². The monoisotopic (exact) mass is 407 g/mol. The first-order valence-electron chi connectivity index (χ1n) is 8.85. The number of rotatable bonds is 7. The number of halogens is 2. The Kier molecular flexibility index (Phi) is 7.69. The topological polar surface area (TPSA) is 55.4 Å². The van der Waals surface area contributed by atoms with E-state index in [1.54, 1.807) is 18.2 Å². The van der Waals surface area contributed by atoms with Crippen molar-refractivity contribution in [2.24, 2.45) is 5.92 Å². The van der Waals surface area contributed by atoms with Gasteiger partial charge < -0.3 is 10.1 Å². The van der Waals surface area contributed by atoms with Crippen LogP contribution in [0.3, 0.4) is 0 Å². The van der Waals surface area contributed by atoms with Crippen molar-refractivity contribution in [1.29, 1.82) is 0 Å². The van der Waals surface area contributed by atoms with Crippen molar-refractivity contribution in [3.05, 3.63) is 64.1 Å². The lowest BCUT2D eigenvalue weighted by Gasteiger charge is -2.24. The predicted molar refractivity (Wildman–Crippen MR) is 109 cm³/mol. The number of ether oxygens (including phenoxy) is 1. The van der Waals surface area contributed by atoms with Gasteiger partial charge >= 0.3 is 5.97 Å². The van der Waals surface area contributed by atoms with Crippen molar-refractivity contribution in [2.75, 3.05) is 5.32 Å². The Morgan fingerprint density at radius 2 is 1.59 bits per heavy atom. The van der Waals surface area contributed by atoms with Crippen LogP contribution in [0.2, 0.25) is 10.0 Å². The number of carbonyl (C=O) groups is 2. The van der Waals surface area contributed by atoms with Gasteiger partial charge in [-0.25, -0.2) is 0 Å². The molecule has 144 valence electrons. The molecule has 6 heteroatoms. The summed E-state index contributed by atoms with van der Waals surface area (Å²) in [4.78, 5) is 25.2. The summed E-state index contributed by atoms with van der Waals surface area (Å²) in [5, 5.41) is 3.26. The lowest BCUT2D eigenvalue weighted by molar-refractivity contribution is -0.155. The van der Waals surface area contributed by atoms with Gasteiger partial charge in [0.05, 0.1) is 21.7 Å². The minimum atomic E-state index is -0.986. The normalized spacial score (nSPS) is 14.1. The molecule has 2 rings (SSSR count). The summed E-state index contributed by atoms with van der Waals surface area (Å²) in [5.74, 6) is -1.28. The largest absolute Gasteiger partial charge is 0.452 e. The van der Waals surface area contributed by atoms with Crippen LogP contribution in [0.4, 0.5) is 5.69 Å². The maximum absolute atomic E-state index is 12.8. The van der Waals surface area contributed by atoms with Gasteiger partial charge in [-0.05, 0) is 30.5 Å². The molecule has 0 bridgehead atoms. The highest BCUT2D eigenvalue weighted by molar-refractivity contribution is 6.39. The molecule has 0 aromatic heterocycles. The van der Waals surface area contributed by atoms with E-state index in [9.17, 15) is 9.59 Å². The summed E-state index contributed by atoms with van der Waals surface area (Å²) in [5.41, 5.74) is 1.17. The molecule has 0 aliphatic heterocycles. The second-order valence-electron chi connectivity index (χ2n) is 6.44. The van der Waals surface area contributed by atoms with Crippen LogP contribution in [0.5, 0.6) is 0 Å². The average molecular weight is 408 g/mol. The Bertz CT molecular complexity index is 775. The van der Waals surface area contributed by atoms with Gasteiger partial charge in [-0.1, -0.05) is 79.9 Å². The molecule has 3 atom stereocenters. The van der Waals surface area contributed by atoms with Gasteiger partial charge in [-0.15, -0.1) is 0 Å². The fraction of sp³-hybridized carbons (Fsp3) is 0.333. The maximum atomic E-state index is 12.8. The zero-order valence-electron chi connectivity index (χ0n) is 15.5. The van der Waals surface area contributed by atoms with E-state index in [4.69, 9.17) is 27.9 Å². The van der Waals surface area contributed by atoms with Crippen LogP contribution in [-0.2, 0) is 14.3 Å². The third kappa shape index (κ3) is 5.47. The highest BCUT2D eigenvalue weighted by Crippen LogP contribution is 2.31. The van der Waals surface area contributed by atoms with E-state index in [0.29, 0.717) is 15.7 Å². The van der Waals surface area contributed by atoms with E-state index in [-0.39, 0.29) is 5.92 Å². The van der Waals surface area contributed by atoms with E-state index in [1.807, 2.05) is 44.2 Å². The van der Waals surface area contributed by atoms with Gasteiger partial charge in [-0.2, -0.15) is 0 Å². The van der Waals surface area contributed by atoms with Crippen LogP contribution >= 0.6 is 23.2 Å². The summed E-state index contributed by atoms with van der Waals surface area (Å²) < 4.78 is 5.47. The third-order valence-electron chi connectivity index (χ3n) is 4.50. The van der Waals surface area contributed by atoms with Crippen LogP contribution < -0.4 is 5.32 Å². The molecule has 0 saturated carbocycles. The summed E-state index contributed by atoms with van der Waals surface area (Å²) in [7, 11) is 0. The molecule has 2 aromatic rings. The van der Waals surface area contributed by atoms with Crippen molar-refractivity contribution in [3.8, 4) is 0 Å². The van der Waals surface area contributed by atoms with Crippen molar-refractivity contribution in [3.63, 3.8) is 0 Å². The first-order chi connectivity index (χ1) is 12.8. The number of anilines is 1.